The molecule has 1 aliphatic heterocycles. The van der Waals surface area contributed by atoms with Crippen LogP contribution in [-0.4, -0.2) is 65.0 Å². The Bertz CT molecular complexity index is 1840. The molecule has 1 aromatic rings. The minimum Gasteiger partial charge on any atom is -0.496 e. The van der Waals surface area contributed by atoms with Gasteiger partial charge < -0.3 is 35.4 Å². The number of aliphatic hydroxyl groups excluding tert-OH is 2. The van der Waals surface area contributed by atoms with Crippen LogP contribution >= 0.6 is 0 Å². The van der Waals surface area contributed by atoms with Gasteiger partial charge >= 0.3 is 0 Å². The van der Waals surface area contributed by atoms with Gasteiger partial charge in [0.2, 0.25) is 5.43 Å². The van der Waals surface area contributed by atoms with Crippen molar-refractivity contribution < 1.29 is 34.4 Å². The van der Waals surface area contributed by atoms with Crippen LogP contribution in [0.15, 0.2) is 42.9 Å². The summed E-state index contributed by atoms with van der Waals surface area (Å²) in [4.78, 5) is 66.3. The lowest BCUT2D eigenvalue weighted by molar-refractivity contribution is -0.243. The van der Waals surface area contributed by atoms with E-state index in [1.807, 2.05) is 0 Å². The minimum absolute atomic E-state index is 0.0322. The van der Waals surface area contributed by atoms with Gasteiger partial charge in [0, 0.05) is 41.8 Å². The molecule has 1 fully saturated rings. The summed E-state index contributed by atoms with van der Waals surface area (Å²) in [5.41, 5.74) is 0.735. The number of benzene rings is 1. The van der Waals surface area contributed by atoms with E-state index in [9.17, 15) is 39.5 Å². The molecule has 1 saturated heterocycles. The van der Waals surface area contributed by atoms with Gasteiger partial charge in [0.25, 0.3) is 0 Å². The van der Waals surface area contributed by atoms with Gasteiger partial charge in [-0.3, -0.25) is 19.2 Å². The fourth-order valence-electron chi connectivity index (χ4n) is 5.96. The van der Waals surface area contributed by atoms with E-state index in [0.717, 1.165) is 0 Å². The number of fused-ring (bicyclic) bond motifs is 2. The lowest BCUT2D eigenvalue weighted by Crippen LogP contribution is -2.53. The topological polar surface area (TPSA) is 224 Å². The Labute approximate surface area is 229 Å². The Morgan fingerprint density at radius 2 is 1.93 bits per heavy atom. The zero-order valence-corrected chi connectivity index (χ0v) is 22.0. The molecule has 0 unspecified atom stereocenters. The maximum absolute atomic E-state index is 14.0. The first kappa shape index (κ1) is 28.6. The Kier molecular flexibility index (Phi) is 7.29. The average Bonchev–Trinajstić information content (AvgIpc) is 2.97. The van der Waals surface area contributed by atoms with E-state index in [1.165, 1.54) is 25.3 Å². The first-order chi connectivity index (χ1) is 19.5. The summed E-state index contributed by atoms with van der Waals surface area (Å²) in [6.07, 6.45) is -5.52. The summed E-state index contributed by atoms with van der Waals surface area (Å²) in [5.74, 6) is -0.947. The SMILES string of the molecule is COc1cccc2c(=O)c3c(=O)c4c(c(=NO)c=3c(=O)c12)[C@@H](O[C@H]1C[C@H](N)[C@H](O)[C@H](C)O1)C[C@](N=O)(C(=O)CO)C4. The molecule has 0 radical (unpaired) electrons. The zero-order chi connectivity index (χ0) is 29.8. The average molecular weight is 570 g/mol. The van der Waals surface area contributed by atoms with Gasteiger partial charge in [-0.2, -0.15) is 0 Å². The summed E-state index contributed by atoms with van der Waals surface area (Å²) >= 11 is 0. The second kappa shape index (κ2) is 10.5. The molecule has 4 aliphatic rings. The number of hydrogen-bond donors (Lipinski definition) is 4. The van der Waals surface area contributed by atoms with Gasteiger partial charge in [0.05, 0.1) is 41.2 Å². The van der Waals surface area contributed by atoms with Crippen LogP contribution in [0.25, 0.3) is 10.8 Å². The maximum Gasteiger partial charge on any atom is 0.200 e. The van der Waals surface area contributed by atoms with Gasteiger partial charge in [0.1, 0.15) is 17.7 Å². The van der Waals surface area contributed by atoms with Gasteiger partial charge in [-0.1, -0.05) is 22.5 Å². The van der Waals surface area contributed by atoms with Crippen molar-refractivity contribution in [2.45, 2.75) is 62.4 Å². The molecule has 0 spiro atoms. The molecule has 5 rings (SSSR count). The first-order valence-corrected chi connectivity index (χ1v) is 12.8. The standard InChI is InChI=1S/C27H27N3O11/c1-10-23(33)13(28)6-17(40-10)41-15-8-27(30-38,16(32)9-31)7-12-18(15)22(29-37)20-21(25(12)35)24(34)11-4-3-5-14(39-2)19(11)26(20)36/h3-5,10,13,15,17,23,31,33,37H,6-9,28H2,1-2H3/t10-,13-,15-,17-,23+,27-/m0/s1. The highest BCUT2D eigenvalue weighted by atomic mass is 16.7. The molecule has 0 amide bonds. The fraction of sp³-hybridized carbons (Fsp3) is 0.444. The van der Waals surface area contributed by atoms with Crippen LogP contribution in [0.5, 0.6) is 5.75 Å². The minimum atomic E-state index is -2.18. The van der Waals surface area contributed by atoms with E-state index in [-0.39, 0.29) is 34.1 Å². The normalized spacial score (nSPS) is 28.5. The molecule has 1 heterocycles. The third-order valence-corrected chi connectivity index (χ3v) is 8.06. The van der Waals surface area contributed by atoms with Crippen LogP contribution in [0, 0.1) is 15.3 Å². The lowest BCUT2D eigenvalue weighted by Gasteiger charge is -2.40. The molecular weight excluding hydrogens is 542 g/mol. The monoisotopic (exact) mass is 569 g/mol. The van der Waals surface area contributed by atoms with Crippen LogP contribution in [0.3, 0.4) is 0 Å². The third-order valence-electron chi connectivity index (χ3n) is 8.06. The number of ketones is 1. The summed E-state index contributed by atoms with van der Waals surface area (Å²) in [5, 5.41) is 34.5. The number of nitrogens with two attached hydrogens (primary N) is 1. The molecule has 0 aromatic heterocycles. The number of nitrogens with zero attached hydrogens (tertiary/aromatic N) is 2. The highest BCUT2D eigenvalue weighted by Crippen LogP contribution is 2.40. The predicted molar refractivity (Wildman–Crippen MR) is 140 cm³/mol. The van der Waals surface area contributed by atoms with Crippen molar-refractivity contribution in [3.63, 3.8) is 0 Å². The van der Waals surface area contributed by atoms with E-state index in [0.29, 0.717) is 0 Å². The number of carbonyl (C=O) groups excluding carboxylic acids is 1. The van der Waals surface area contributed by atoms with E-state index in [1.54, 1.807) is 6.92 Å². The quantitative estimate of drug-likeness (QED) is 0.155. The molecule has 1 aromatic carbocycles. The Morgan fingerprint density at radius 3 is 2.54 bits per heavy atom. The van der Waals surface area contributed by atoms with Gasteiger partial charge in [-0.05, 0) is 13.0 Å². The fourth-order valence-corrected chi connectivity index (χ4v) is 5.96. The molecule has 3 aliphatic carbocycles. The summed E-state index contributed by atoms with van der Waals surface area (Å²) in [6.45, 7) is 0.472. The van der Waals surface area contributed by atoms with Gasteiger partial charge in [0.15, 0.2) is 28.5 Å². The number of carbonyl (C=O) groups is 1. The van der Waals surface area contributed by atoms with Gasteiger partial charge in [-0.25, -0.2) is 0 Å². The molecule has 0 bridgehead atoms. The van der Waals surface area contributed by atoms with Crippen LogP contribution in [0.2, 0.25) is 0 Å². The number of rotatable bonds is 6. The summed E-state index contributed by atoms with van der Waals surface area (Å²) in [7, 11) is 1.30. The van der Waals surface area contributed by atoms with Crippen molar-refractivity contribution >= 4 is 16.6 Å². The first-order valence-electron chi connectivity index (χ1n) is 12.8. The largest absolute Gasteiger partial charge is 0.496 e. The highest BCUT2D eigenvalue weighted by Gasteiger charge is 2.50. The molecule has 14 heteroatoms. The lowest BCUT2D eigenvalue weighted by atomic mass is 9.73. The van der Waals surface area contributed by atoms with Crippen molar-refractivity contribution in [2.24, 2.45) is 16.1 Å². The molecule has 41 heavy (non-hydrogen) atoms. The zero-order valence-electron chi connectivity index (χ0n) is 22.0. The van der Waals surface area contributed by atoms with E-state index in [2.05, 4.69) is 10.3 Å². The molecular formula is C27H27N3O11. The molecule has 5 N–H and O–H groups in total. The smallest absolute Gasteiger partial charge is 0.200 e. The highest BCUT2D eigenvalue weighted by molar-refractivity contribution is 5.90. The third kappa shape index (κ3) is 4.26. The predicted octanol–water partition coefficient (Wildman–Crippen LogP) is -1.29. The number of nitroso groups, excluding NO2 is 1. The second-order valence-corrected chi connectivity index (χ2v) is 10.3. The van der Waals surface area contributed by atoms with E-state index < -0.39 is 93.5 Å². The van der Waals surface area contributed by atoms with E-state index in [4.69, 9.17) is 19.9 Å². The Balaban J connectivity index is 1.88. The number of Topliss-reactive ketones (excluding diaryl/α,β-unsaturated/α-hetero) is 1. The summed E-state index contributed by atoms with van der Waals surface area (Å²) < 4.78 is 17.1. The number of hydrogen-bond acceptors (Lipinski definition) is 14. The van der Waals surface area contributed by atoms with Crippen LogP contribution in [0.4, 0.5) is 0 Å². The molecule has 216 valence electrons. The summed E-state index contributed by atoms with van der Waals surface area (Å²) in [6, 6.07) is 3.49. The molecule has 14 nitrogen and oxygen atoms in total. The maximum atomic E-state index is 14.0. The van der Waals surface area contributed by atoms with Crippen molar-refractivity contribution in [3.8, 4) is 5.75 Å². The number of ether oxygens (including phenoxy) is 3. The van der Waals surface area contributed by atoms with Crippen molar-refractivity contribution in [1.29, 1.82) is 0 Å². The number of aliphatic hydroxyl groups is 2. The number of methoxy groups -OCH3 is 1. The van der Waals surface area contributed by atoms with Crippen molar-refractivity contribution in [3.05, 3.63) is 80.7 Å². The Hall–Kier alpha value is -3.95. The molecule has 0 saturated carbocycles. The second-order valence-electron chi connectivity index (χ2n) is 10.3. The Morgan fingerprint density at radius 1 is 1.20 bits per heavy atom. The van der Waals surface area contributed by atoms with Crippen LogP contribution < -0.4 is 32.1 Å². The van der Waals surface area contributed by atoms with Crippen molar-refractivity contribution in [1.82, 2.24) is 0 Å². The van der Waals surface area contributed by atoms with Gasteiger partial charge in [-0.15, -0.1) is 4.91 Å². The van der Waals surface area contributed by atoms with Crippen LogP contribution in [0.1, 0.15) is 37.0 Å². The van der Waals surface area contributed by atoms with E-state index >= 15 is 0 Å². The van der Waals surface area contributed by atoms with Crippen LogP contribution in [-0.2, 0) is 20.7 Å². The van der Waals surface area contributed by atoms with Crippen molar-refractivity contribution in [2.75, 3.05) is 13.7 Å². The molecule has 6 atom stereocenters.